The van der Waals surface area contributed by atoms with Crippen LogP contribution in [0.5, 0.6) is 5.75 Å². The van der Waals surface area contributed by atoms with Gasteiger partial charge in [0.05, 0.1) is 19.3 Å². The molecule has 106 valence electrons. The van der Waals surface area contributed by atoms with Gasteiger partial charge in [-0.25, -0.2) is 0 Å². The quantitative estimate of drug-likeness (QED) is 0.875. The van der Waals surface area contributed by atoms with Gasteiger partial charge in [-0.1, -0.05) is 12.1 Å². The molecule has 0 aliphatic carbocycles. The van der Waals surface area contributed by atoms with E-state index in [1.807, 2.05) is 18.2 Å². The first-order valence-electron chi connectivity index (χ1n) is 6.85. The molecule has 2 rings (SSSR count). The maximum Gasteiger partial charge on any atom is 0.119 e. The van der Waals surface area contributed by atoms with Crippen LogP contribution in [0, 0.1) is 6.92 Å². The fourth-order valence-corrected chi connectivity index (χ4v) is 2.28. The maximum atomic E-state index is 9.15. The molecule has 0 bridgehead atoms. The summed E-state index contributed by atoms with van der Waals surface area (Å²) < 4.78 is 11.3. The van der Waals surface area contributed by atoms with E-state index < -0.39 is 0 Å². The lowest BCUT2D eigenvalue weighted by atomic mass is 10.2. The summed E-state index contributed by atoms with van der Waals surface area (Å²) in [6, 6.07) is 8.46. The van der Waals surface area contributed by atoms with Crippen LogP contribution in [0.3, 0.4) is 0 Å². The Morgan fingerprint density at radius 3 is 3.05 bits per heavy atom. The highest BCUT2D eigenvalue weighted by Crippen LogP contribution is 2.14. The van der Waals surface area contributed by atoms with Crippen LogP contribution in [0.4, 0.5) is 0 Å². The lowest BCUT2D eigenvalue weighted by molar-refractivity contribution is -0.0798. The number of morpholine rings is 1. The Kier molecular flexibility index (Phi) is 5.19. The van der Waals surface area contributed by atoms with E-state index in [-0.39, 0.29) is 12.7 Å². The molecule has 4 nitrogen and oxygen atoms in total. The highest BCUT2D eigenvalue weighted by atomic mass is 16.5. The second kappa shape index (κ2) is 6.89. The van der Waals surface area contributed by atoms with Crippen LogP contribution in [0.15, 0.2) is 24.3 Å². The van der Waals surface area contributed by atoms with Crippen LogP contribution in [-0.4, -0.2) is 55.1 Å². The number of aryl methyl sites for hydroxylation is 1. The minimum Gasteiger partial charge on any atom is -0.492 e. The molecule has 1 aliphatic rings. The van der Waals surface area contributed by atoms with E-state index in [2.05, 4.69) is 24.8 Å². The zero-order valence-corrected chi connectivity index (χ0v) is 11.7. The number of rotatable bonds is 5. The van der Waals surface area contributed by atoms with Gasteiger partial charge in [-0.3, -0.25) is 4.90 Å². The molecule has 1 saturated heterocycles. The zero-order chi connectivity index (χ0) is 13.7. The minimum absolute atomic E-state index is 0.0600. The predicted octanol–water partition coefficient (Wildman–Crippen LogP) is 1.46. The van der Waals surface area contributed by atoms with Gasteiger partial charge in [0.2, 0.25) is 0 Å². The number of benzene rings is 1. The molecule has 19 heavy (non-hydrogen) atoms. The molecule has 0 spiro atoms. The van der Waals surface area contributed by atoms with Crippen LogP contribution in [0.1, 0.15) is 12.5 Å². The van der Waals surface area contributed by atoms with Gasteiger partial charge in [0.1, 0.15) is 12.4 Å². The van der Waals surface area contributed by atoms with Gasteiger partial charge in [-0.2, -0.15) is 0 Å². The molecule has 2 unspecified atom stereocenters. The van der Waals surface area contributed by atoms with E-state index in [4.69, 9.17) is 14.6 Å². The highest BCUT2D eigenvalue weighted by Gasteiger charge is 2.25. The molecule has 1 aromatic rings. The van der Waals surface area contributed by atoms with E-state index in [1.54, 1.807) is 0 Å². The topological polar surface area (TPSA) is 41.9 Å². The van der Waals surface area contributed by atoms with Gasteiger partial charge in [0, 0.05) is 19.1 Å². The lowest BCUT2D eigenvalue weighted by Crippen LogP contribution is -2.50. The number of hydrogen-bond donors (Lipinski definition) is 1. The maximum absolute atomic E-state index is 9.15. The molecule has 1 aliphatic heterocycles. The average Bonchev–Trinajstić information content (AvgIpc) is 2.41. The summed E-state index contributed by atoms with van der Waals surface area (Å²) >= 11 is 0. The van der Waals surface area contributed by atoms with Crippen molar-refractivity contribution in [3.8, 4) is 5.75 Å². The van der Waals surface area contributed by atoms with Crippen LogP contribution in [0.2, 0.25) is 0 Å². The largest absolute Gasteiger partial charge is 0.492 e. The first-order chi connectivity index (χ1) is 9.19. The number of aliphatic hydroxyl groups is 1. The number of hydrogen-bond acceptors (Lipinski definition) is 4. The van der Waals surface area contributed by atoms with Crippen LogP contribution >= 0.6 is 0 Å². The highest BCUT2D eigenvalue weighted by molar-refractivity contribution is 5.27. The van der Waals surface area contributed by atoms with Crippen molar-refractivity contribution in [2.45, 2.75) is 26.0 Å². The summed E-state index contributed by atoms with van der Waals surface area (Å²) in [5, 5.41) is 9.15. The van der Waals surface area contributed by atoms with Crippen LogP contribution in [-0.2, 0) is 4.74 Å². The molecule has 1 N–H and O–H groups in total. The Morgan fingerprint density at radius 2 is 2.32 bits per heavy atom. The summed E-state index contributed by atoms with van der Waals surface area (Å²) in [7, 11) is 0. The number of aliphatic hydroxyl groups excluding tert-OH is 1. The SMILES string of the molecule is Cc1cccc(OCCN2CC(CO)OCC2C)c1. The van der Waals surface area contributed by atoms with Gasteiger partial charge < -0.3 is 14.6 Å². The van der Waals surface area contributed by atoms with Crippen LogP contribution in [0.25, 0.3) is 0 Å². The molecular formula is C15H23NO3. The van der Waals surface area contributed by atoms with Crippen molar-refractivity contribution in [1.82, 2.24) is 4.90 Å². The normalized spacial score (nSPS) is 24.4. The minimum atomic E-state index is -0.0600. The van der Waals surface area contributed by atoms with Crippen molar-refractivity contribution in [2.24, 2.45) is 0 Å². The summed E-state index contributed by atoms with van der Waals surface area (Å²) in [6.07, 6.45) is -0.0600. The van der Waals surface area contributed by atoms with E-state index in [0.29, 0.717) is 19.3 Å². The van der Waals surface area contributed by atoms with Gasteiger partial charge in [0.15, 0.2) is 0 Å². The number of nitrogens with zero attached hydrogens (tertiary/aromatic N) is 1. The molecule has 0 amide bonds. The summed E-state index contributed by atoms with van der Waals surface area (Å²) in [5.41, 5.74) is 1.21. The Balaban J connectivity index is 1.78. The first kappa shape index (κ1) is 14.3. The molecular weight excluding hydrogens is 242 g/mol. The average molecular weight is 265 g/mol. The molecule has 0 saturated carbocycles. The molecule has 1 aromatic carbocycles. The van der Waals surface area contributed by atoms with E-state index in [1.165, 1.54) is 5.56 Å². The van der Waals surface area contributed by atoms with Crippen molar-refractivity contribution >= 4 is 0 Å². The third kappa shape index (κ3) is 4.20. The van der Waals surface area contributed by atoms with Crippen molar-refractivity contribution in [3.63, 3.8) is 0 Å². The smallest absolute Gasteiger partial charge is 0.119 e. The molecule has 2 atom stereocenters. The predicted molar refractivity (Wildman–Crippen MR) is 74.5 cm³/mol. The Bertz CT molecular complexity index is 397. The van der Waals surface area contributed by atoms with Crippen molar-refractivity contribution < 1.29 is 14.6 Å². The summed E-state index contributed by atoms with van der Waals surface area (Å²) in [5.74, 6) is 0.916. The van der Waals surface area contributed by atoms with Gasteiger partial charge in [-0.05, 0) is 31.5 Å². The Hall–Kier alpha value is -1.10. The van der Waals surface area contributed by atoms with Crippen molar-refractivity contribution in [3.05, 3.63) is 29.8 Å². The van der Waals surface area contributed by atoms with E-state index in [0.717, 1.165) is 18.8 Å². The third-order valence-electron chi connectivity index (χ3n) is 3.48. The second-order valence-electron chi connectivity index (χ2n) is 5.15. The first-order valence-corrected chi connectivity index (χ1v) is 6.85. The monoisotopic (exact) mass is 265 g/mol. The summed E-state index contributed by atoms with van der Waals surface area (Å²) in [6.45, 7) is 7.25. The van der Waals surface area contributed by atoms with Crippen LogP contribution < -0.4 is 4.74 Å². The van der Waals surface area contributed by atoms with Gasteiger partial charge >= 0.3 is 0 Å². The standard InChI is InChI=1S/C15H23NO3/c1-12-4-3-5-14(8-12)18-7-6-16-9-15(10-17)19-11-13(16)2/h3-5,8,13,15,17H,6-7,9-11H2,1-2H3. The molecule has 1 fully saturated rings. The zero-order valence-electron chi connectivity index (χ0n) is 11.7. The lowest BCUT2D eigenvalue weighted by Gasteiger charge is -2.37. The van der Waals surface area contributed by atoms with E-state index >= 15 is 0 Å². The van der Waals surface area contributed by atoms with Crippen molar-refractivity contribution in [2.75, 3.05) is 32.9 Å². The Labute approximate surface area is 114 Å². The molecule has 1 heterocycles. The molecule has 0 radical (unpaired) electrons. The van der Waals surface area contributed by atoms with E-state index in [9.17, 15) is 0 Å². The van der Waals surface area contributed by atoms with Crippen molar-refractivity contribution in [1.29, 1.82) is 0 Å². The third-order valence-corrected chi connectivity index (χ3v) is 3.48. The van der Waals surface area contributed by atoms with Gasteiger partial charge in [-0.15, -0.1) is 0 Å². The second-order valence-corrected chi connectivity index (χ2v) is 5.15. The fraction of sp³-hybridized carbons (Fsp3) is 0.600. The molecule has 4 heteroatoms. The van der Waals surface area contributed by atoms with Gasteiger partial charge in [0.25, 0.3) is 0 Å². The summed E-state index contributed by atoms with van der Waals surface area (Å²) in [4.78, 5) is 2.31. The Morgan fingerprint density at radius 1 is 1.47 bits per heavy atom. The number of ether oxygens (including phenoxy) is 2. The fourth-order valence-electron chi connectivity index (χ4n) is 2.28. The molecule has 0 aromatic heterocycles.